The average molecular weight is 205 g/mol. The van der Waals surface area contributed by atoms with Crippen LogP contribution in [-0.4, -0.2) is 16.2 Å². The fraction of sp³-hybridized carbons (Fsp3) is 0.400. The predicted molar refractivity (Wildman–Crippen MR) is 51.9 cm³/mol. The maximum atomic E-state index is 5.17. The SMILES string of the molecule is c1coc(-c2noc(CNC3CC3)n2)c1. The lowest BCUT2D eigenvalue weighted by molar-refractivity contribution is 0.366. The lowest BCUT2D eigenvalue weighted by Gasteiger charge is -1.94. The van der Waals surface area contributed by atoms with Gasteiger partial charge in [-0.2, -0.15) is 4.98 Å². The number of rotatable bonds is 4. The van der Waals surface area contributed by atoms with E-state index in [0.29, 0.717) is 30.1 Å². The monoisotopic (exact) mass is 205 g/mol. The van der Waals surface area contributed by atoms with Crippen LogP contribution in [0.25, 0.3) is 11.6 Å². The normalized spacial score (nSPS) is 15.7. The van der Waals surface area contributed by atoms with E-state index in [1.54, 1.807) is 12.3 Å². The fourth-order valence-electron chi connectivity index (χ4n) is 1.35. The highest BCUT2D eigenvalue weighted by atomic mass is 16.5. The summed E-state index contributed by atoms with van der Waals surface area (Å²) < 4.78 is 10.2. The van der Waals surface area contributed by atoms with Gasteiger partial charge in [-0.3, -0.25) is 0 Å². The first-order chi connectivity index (χ1) is 7.42. The van der Waals surface area contributed by atoms with Crippen molar-refractivity contribution in [3.8, 4) is 11.6 Å². The van der Waals surface area contributed by atoms with Gasteiger partial charge in [0.1, 0.15) is 0 Å². The van der Waals surface area contributed by atoms with Crippen LogP contribution in [0.5, 0.6) is 0 Å². The molecule has 0 bridgehead atoms. The van der Waals surface area contributed by atoms with Crippen LogP contribution in [0.2, 0.25) is 0 Å². The van der Waals surface area contributed by atoms with Crippen LogP contribution in [0.4, 0.5) is 0 Å². The van der Waals surface area contributed by atoms with E-state index in [4.69, 9.17) is 8.94 Å². The zero-order valence-electron chi connectivity index (χ0n) is 8.14. The Kier molecular flexibility index (Phi) is 2.03. The quantitative estimate of drug-likeness (QED) is 0.820. The van der Waals surface area contributed by atoms with E-state index < -0.39 is 0 Å². The second-order valence-electron chi connectivity index (χ2n) is 3.64. The van der Waals surface area contributed by atoms with Crippen molar-refractivity contribution >= 4 is 0 Å². The molecule has 1 N–H and O–H groups in total. The molecule has 0 unspecified atom stereocenters. The molecule has 2 heterocycles. The maximum Gasteiger partial charge on any atom is 0.241 e. The summed E-state index contributed by atoms with van der Waals surface area (Å²) in [7, 11) is 0. The van der Waals surface area contributed by atoms with Crippen LogP contribution in [0.15, 0.2) is 27.3 Å². The predicted octanol–water partition coefficient (Wildman–Crippen LogP) is 1.58. The van der Waals surface area contributed by atoms with Gasteiger partial charge in [0.2, 0.25) is 11.7 Å². The third kappa shape index (κ3) is 1.92. The van der Waals surface area contributed by atoms with Crippen molar-refractivity contribution in [2.45, 2.75) is 25.4 Å². The van der Waals surface area contributed by atoms with Crippen molar-refractivity contribution in [3.63, 3.8) is 0 Å². The molecule has 0 radical (unpaired) electrons. The third-order valence-corrected chi connectivity index (χ3v) is 2.33. The Labute approximate surface area is 86.5 Å². The molecule has 1 fully saturated rings. The van der Waals surface area contributed by atoms with Gasteiger partial charge < -0.3 is 14.3 Å². The Morgan fingerprint density at radius 1 is 1.47 bits per heavy atom. The lowest BCUT2D eigenvalue weighted by atomic mass is 10.4. The number of nitrogens with one attached hydrogen (secondary N) is 1. The van der Waals surface area contributed by atoms with Crippen molar-refractivity contribution in [1.29, 1.82) is 0 Å². The minimum absolute atomic E-state index is 0.507. The van der Waals surface area contributed by atoms with Crippen LogP contribution in [-0.2, 0) is 6.54 Å². The molecule has 0 saturated heterocycles. The minimum Gasteiger partial charge on any atom is -0.461 e. The van der Waals surface area contributed by atoms with Gasteiger partial charge in [-0.15, -0.1) is 0 Å². The molecule has 5 heteroatoms. The van der Waals surface area contributed by atoms with Crippen molar-refractivity contribution in [1.82, 2.24) is 15.5 Å². The number of hydrogen-bond donors (Lipinski definition) is 1. The molecule has 5 nitrogen and oxygen atoms in total. The van der Waals surface area contributed by atoms with Crippen molar-refractivity contribution in [2.75, 3.05) is 0 Å². The molecule has 2 aromatic rings. The van der Waals surface area contributed by atoms with Crippen LogP contribution >= 0.6 is 0 Å². The molecule has 0 spiro atoms. The maximum absolute atomic E-state index is 5.17. The van der Waals surface area contributed by atoms with Gasteiger partial charge in [-0.05, 0) is 25.0 Å². The minimum atomic E-state index is 0.507. The zero-order chi connectivity index (χ0) is 10.1. The summed E-state index contributed by atoms with van der Waals surface area (Å²) in [5, 5.41) is 7.14. The van der Waals surface area contributed by atoms with E-state index in [-0.39, 0.29) is 0 Å². The zero-order valence-corrected chi connectivity index (χ0v) is 8.14. The van der Waals surface area contributed by atoms with E-state index in [1.807, 2.05) is 6.07 Å². The Balaban J connectivity index is 1.69. The fourth-order valence-corrected chi connectivity index (χ4v) is 1.35. The molecular weight excluding hydrogens is 194 g/mol. The molecule has 0 aromatic carbocycles. The summed E-state index contributed by atoms with van der Waals surface area (Å²) in [5.41, 5.74) is 0. The topological polar surface area (TPSA) is 64.1 Å². The molecule has 0 atom stereocenters. The van der Waals surface area contributed by atoms with Crippen molar-refractivity contribution in [2.24, 2.45) is 0 Å². The van der Waals surface area contributed by atoms with Crippen LogP contribution in [0.1, 0.15) is 18.7 Å². The smallest absolute Gasteiger partial charge is 0.241 e. The number of aromatic nitrogens is 2. The summed E-state index contributed by atoms with van der Waals surface area (Å²) in [6.45, 7) is 0.637. The highest BCUT2D eigenvalue weighted by Gasteiger charge is 2.21. The van der Waals surface area contributed by atoms with E-state index in [0.717, 1.165) is 0 Å². The molecule has 2 aromatic heterocycles. The summed E-state index contributed by atoms with van der Waals surface area (Å²) in [5.74, 6) is 1.75. The molecule has 3 rings (SSSR count). The Bertz CT molecular complexity index is 431. The van der Waals surface area contributed by atoms with E-state index in [2.05, 4.69) is 15.5 Å². The molecular formula is C10H11N3O2. The Hall–Kier alpha value is -1.62. The van der Waals surface area contributed by atoms with Crippen molar-refractivity contribution in [3.05, 3.63) is 24.3 Å². The van der Waals surface area contributed by atoms with E-state index in [1.165, 1.54) is 12.8 Å². The second-order valence-corrected chi connectivity index (χ2v) is 3.64. The first-order valence-corrected chi connectivity index (χ1v) is 5.01. The van der Waals surface area contributed by atoms with Gasteiger partial charge in [0, 0.05) is 6.04 Å². The van der Waals surface area contributed by atoms with Crippen LogP contribution < -0.4 is 5.32 Å². The second kappa shape index (κ2) is 3.51. The number of nitrogens with zero attached hydrogens (tertiary/aromatic N) is 2. The highest BCUT2D eigenvalue weighted by Crippen LogP contribution is 2.20. The molecule has 78 valence electrons. The average Bonchev–Trinajstić information content (AvgIpc) is 2.78. The molecule has 0 aliphatic heterocycles. The Morgan fingerprint density at radius 2 is 2.40 bits per heavy atom. The lowest BCUT2D eigenvalue weighted by Crippen LogP contribution is -2.15. The molecule has 1 aliphatic rings. The van der Waals surface area contributed by atoms with Gasteiger partial charge in [0.15, 0.2) is 5.76 Å². The van der Waals surface area contributed by atoms with Crippen molar-refractivity contribution < 1.29 is 8.94 Å². The van der Waals surface area contributed by atoms with E-state index in [9.17, 15) is 0 Å². The molecule has 1 saturated carbocycles. The molecule has 15 heavy (non-hydrogen) atoms. The Morgan fingerprint density at radius 3 is 3.13 bits per heavy atom. The van der Waals surface area contributed by atoms with Crippen LogP contribution in [0.3, 0.4) is 0 Å². The summed E-state index contributed by atoms with van der Waals surface area (Å²) >= 11 is 0. The highest BCUT2D eigenvalue weighted by molar-refractivity contribution is 5.44. The van der Waals surface area contributed by atoms with Gasteiger partial charge in [-0.25, -0.2) is 0 Å². The van der Waals surface area contributed by atoms with Gasteiger partial charge >= 0.3 is 0 Å². The number of furan rings is 1. The van der Waals surface area contributed by atoms with Gasteiger partial charge in [-0.1, -0.05) is 5.16 Å². The van der Waals surface area contributed by atoms with Gasteiger partial charge in [0.05, 0.1) is 12.8 Å². The summed E-state index contributed by atoms with van der Waals surface area (Å²) in [6, 6.07) is 4.25. The largest absolute Gasteiger partial charge is 0.461 e. The number of hydrogen-bond acceptors (Lipinski definition) is 5. The van der Waals surface area contributed by atoms with E-state index >= 15 is 0 Å². The van der Waals surface area contributed by atoms with Gasteiger partial charge in [0.25, 0.3) is 0 Å². The third-order valence-electron chi connectivity index (χ3n) is 2.33. The molecule has 1 aliphatic carbocycles. The first-order valence-electron chi connectivity index (χ1n) is 5.01. The molecule has 0 amide bonds. The summed E-state index contributed by atoms with van der Waals surface area (Å²) in [6.07, 6.45) is 4.09. The first kappa shape index (κ1) is 8.67. The summed E-state index contributed by atoms with van der Waals surface area (Å²) in [4.78, 5) is 4.22. The standard InChI is InChI=1S/C10H11N3O2/c1-2-8(14-5-1)10-12-9(15-13-10)6-11-7-3-4-7/h1-2,5,7,11H,3-4,6H2. The van der Waals surface area contributed by atoms with Crippen LogP contribution in [0, 0.1) is 0 Å².